The molecule has 2 amide bonds. The van der Waals surface area contributed by atoms with E-state index in [9.17, 15) is 14.4 Å². The van der Waals surface area contributed by atoms with Gasteiger partial charge in [-0.1, -0.05) is 18.2 Å². The van der Waals surface area contributed by atoms with Gasteiger partial charge < -0.3 is 19.8 Å². The average molecular weight is 408 g/mol. The van der Waals surface area contributed by atoms with Crippen LogP contribution in [0.2, 0.25) is 0 Å². The summed E-state index contributed by atoms with van der Waals surface area (Å²) in [7, 11) is 2.96. The SMILES string of the molecule is COc1ccc(C(=O)NCC(=O)N/N=C\c2cc3ccccc3[nH]c2=O)cc1OC. The van der Waals surface area contributed by atoms with Gasteiger partial charge in [-0.25, -0.2) is 5.43 Å². The summed E-state index contributed by atoms with van der Waals surface area (Å²) >= 11 is 0. The van der Waals surface area contributed by atoms with E-state index in [1.807, 2.05) is 18.2 Å². The van der Waals surface area contributed by atoms with Crippen LogP contribution in [0.15, 0.2) is 58.4 Å². The first-order valence-electron chi connectivity index (χ1n) is 8.96. The van der Waals surface area contributed by atoms with E-state index in [2.05, 4.69) is 20.8 Å². The van der Waals surface area contributed by atoms with Crippen molar-refractivity contribution in [3.05, 3.63) is 70.0 Å². The number of hydrazone groups is 1. The number of carbonyl (C=O) groups excluding carboxylic acids is 2. The number of aromatic amines is 1. The van der Waals surface area contributed by atoms with Gasteiger partial charge in [0.2, 0.25) is 0 Å². The van der Waals surface area contributed by atoms with Crippen LogP contribution in [0.5, 0.6) is 11.5 Å². The number of hydrogen-bond donors (Lipinski definition) is 3. The summed E-state index contributed by atoms with van der Waals surface area (Å²) in [4.78, 5) is 38.9. The third kappa shape index (κ3) is 4.82. The molecule has 0 aliphatic rings. The van der Waals surface area contributed by atoms with Crippen molar-refractivity contribution >= 4 is 28.9 Å². The number of nitrogens with zero attached hydrogens (tertiary/aromatic N) is 1. The number of H-pyrrole nitrogens is 1. The van der Waals surface area contributed by atoms with Gasteiger partial charge in [-0.3, -0.25) is 14.4 Å². The molecule has 0 saturated heterocycles. The molecule has 1 heterocycles. The van der Waals surface area contributed by atoms with E-state index in [4.69, 9.17) is 9.47 Å². The van der Waals surface area contributed by atoms with Crippen LogP contribution in [0, 0.1) is 0 Å². The Balaban J connectivity index is 1.57. The van der Waals surface area contributed by atoms with Crippen molar-refractivity contribution in [2.24, 2.45) is 5.10 Å². The zero-order chi connectivity index (χ0) is 21.5. The average Bonchev–Trinajstić information content (AvgIpc) is 2.77. The molecule has 0 aliphatic carbocycles. The third-order valence-electron chi connectivity index (χ3n) is 4.23. The number of amides is 2. The van der Waals surface area contributed by atoms with Gasteiger partial charge in [0.1, 0.15) is 0 Å². The van der Waals surface area contributed by atoms with E-state index in [-0.39, 0.29) is 12.1 Å². The minimum Gasteiger partial charge on any atom is -0.493 e. The predicted molar refractivity (Wildman–Crippen MR) is 112 cm³/mol. The highest BCUT2D eigenvalue weighted by Crippen LogP contribution is 2.27. The van der Waals surface area contributed by atoms with Gasteiger partial charge in [0.15, 0.2) is 11.5 Å². The van der Waals surface area contributed by atoms with Gasteiger partial charge in [0.05, 0.1) is 32.5 Å². The molecule has 0 fully saturated rings. The minimum absolute atomic E-state index is 0.293. The molecular formula is C21H20N4O5. The highest BCUT2D eigenvalue weighted by Gasteiger charge is 2.11. The number of methoxy groups -OCH3 is 2. The lowest BCUT2D eigenvalue weighted by molar-refractivity contribution is -0.120. The predicted octanol–water partition coefficient (Wildman–Crippen LogP) is 1.43. The first kappa shape index (κ1) is 20.6. The number of hydrogen-bond acceptors (Lipinski definition) is 6. The molecule has 2 aromatic carbocycles. The molecule has 3 N–H and O–H groups in total. The van der Waals surface area contributed by atoms with Gasteiger partial charge in [-0.2, -0.15) is 5.10 Å². The van der Waals surface area contributed by atoms with Crippen LogP contribution in [-0.4, -0.2) is 43.8 Å². The second kappa shape index (κ2) is 9.37. The molecule has 0 atom stereocenters. The second-order valence-corrected chi connectivity index (χ2v) is 6.19. The molecule has 9 nitrogen and oxygen atoms in total. The number of benzene rings is 2. The maximum absolute atomic E-state index is 12.2. The van der Waals surface area contributed by atoms with Gasteiger partial charge in [0.25, 0.3) is 17.4 Å². The molecule has 0 bridgehead atoms. The largest absolute Gasteiger partial charge is 0.493 e. The number of fused-ring (bicyclic) bond motifs is 1. The quantitative estimate of drug-likeness (QED) is 0.403. The van der Waals surface area contributed by atoms with Crippen molar-refractivity contribution in [2.45, 2.75) is 0 Å². The molecule has 0 radical (unpaired) electrons. The van der Waals surface area contributed by atoms with Crippen LogP contribution in [0.1, 0.15) is 15.9 Å². The Morgan fingerprint density at radius 1 is 1.07 bits per heavy atom. The lowest BCUT2D eigenvalue weighted by atomic mass is 10.2. The summed E-state index contributed by atoms with van der Waals surface area (Å²) in [5.41, 5.74) is 3.26. The van der Waals surface area contributed by atoms with Crippen molar-refractivity contribution in [1.82, 2.24) is 15.7 Å². The van der Waals surface area contributed by atoms with E-state index in [0.29, 0.717) is 28.1 Å². The number of rotatable bonds is 7. The van der Waals surface area contributed by atoms with Crippen molar-refractivity contribution in [2.75, 3.05) is 20.8 Å². The fourth-order valence-corrected chi connectivity index (χ4v) is 2.71. The van der Waals surface area contributed by atoms with Gasteiger partial charge in [0, 0.05) is 11.1 Å². The van der Waals surface area contributed by atoms with Crippen LogP contribution in [0.25, 0.3) is 10.9 Å². The number of ether oxygens (including phenoxy) is 2. The third-order valence-corrected chi connectivity index (χ3v) is 4.23. The summed E-state index contributed by atoms with van der Waals surface area (Å²) in [5.74, 6) is -0.108. The highest BCUT2D eigenvalue weighted by molar-refractivity contribution is 5.97. The monoisotopic (exact) mass is 408 g/mol. The molecule has 0 saturated carbocycles. The van der Waals surface area contributed by atoms with E-state index in [1.54, 1.807) is 24.3 Å². The number of pyridine rings is 1. The Morgan fingerprint density at radius 2 is 1.83 bits per heavy atom. The van der Waals surface area contributed by atoms with E-state index < -0.39 is 11.8 Å². The molecule has 3 aromatic rings. The Bertz CT molecular complexity index is 1170. The zero-order valence-electron chi connectivity index (χ0n) is 16.4. The summed E-state index contributed by atoms with van der Waals surface area (Å²) in [5, 5.41) is 7.10. The molecule has 3 rings (SSSR count). The zero-order valence-corrected chi connectivity index (χ0v) is 16.4. The highest BCUT2D eigenvalue weighted by atomic mass is 16.5. The Morgan fingerprint density at radius 3 is 2.60 bits per heavy atom. The van der Waals surface area contributed by atoms with Crippen LogP contribution in [0.4, 0.5) is 0 Å². The van der Waals surface area contributed by atoms with Crippen LogP contribution in [-0.2, 0) is 4.79 Å². The first-order valence-corrected chi connectivity index (χ1v) is 8.96. The van der Waals surface area contributed by atoms with E-state index >= 15 is 0 Å². The van der Waals surface area contributed by atoms with Gasteiger partial charge in [-0.15, -0.1) is 0 Å². The second-order valence-electron chi connectivity index (χ2n) is 6.19. The lowest BCUT2D eigenvalue weighted by Gasteiger charge is -2.09. The maximum Gasteiger partial charge on any atom is 0.259 e. The number of carbonyl (C=O) groups is 2. The molecule has 0 spiro atoms. The normalized spacial score (nSPS) is 10.7. The lowest BCUT2D eigenvalue weighted by Crippen LogP contribution is -2.35. The minimum atomic E-state index is -0.544. The molecule has 30 heavy (non-hydrogen) atoms. The molecule has 9 heteroatoms. The molecule has 0 unspecified atom stereocenters. The van der Waals surface area contributed by atoms with Gasteiger partial charge >= 0.3 is 0 Å². The molecular weight excluding hydrogens is 388 g/mol. The standard InChI is InChI=1S/C21H20N4O5/c1-29-17-8-7-14(10-18(17)30-2)20(27)22-12-19(26)25-23-11-15-9-13-5-3-4-6-16(13)24-21(15)28/h3-11H,12H2,1-2H3,(H,22,27)(H,24,28)(H,25,26)/b23-11-. The molecule has 1 aromatic heterocycles. The summed E-state index contributed by atoms with van der Waals surface area (Å²) < 4.78 is 10.3. The van der Waals surface area contributed by atoms with Crippen molar-refractivity contribution in [3.63, 3.8) is 0 Å². The fourth-order valence-electron chi connectivity index (χ4n) is 2.71. The smallest absolute Gasteiger partial charge is 0.259 e. The Kier molecular flexibility index (Phi) is 6.43. The first-order chi connectivity index (χ1) is 14.5. The van der Waals surface area contributed by atoms with Crippen LogP contribution >= 0.6 is 0 Å². The molecule has 0 aliphatic heterocycles. The Labute approximate surface area is 171 Å². The maximum atomic E-state index is 12.2. The topological polar surface area (TPSA) is 122 Å². The van der Waals surface area contributed by atoms with Crippen LogP contribution < -0.4 is 25.8 Å². The summed E-state index contributed by atoms with van der Waals surface area (Å²) in [6.07, 6.45) is 1.25. The summed E-state index contributed by atoms with van der Waals surface area (Å²) in [6.45, 7) is -0.293. The number of aromatic nitrogens is 1. The molecule has 154 valence electrons. The van der Waals surface area contributed by atoms with Gasteiger partial charge in [-0.05, 0) is 35.7 Å². The number of nitrogens with one attached hydrogen (secondary N) is 3. The van der Waals surface area contributed by atoms with Crippen molar-refractivity contribution in [3.8, 4) is 11.5 Å². The van der Waals surface area contributed by atoms with E-state index in [0.717, 1.165) is 5.39 Å². The van der Waals surface area contributed by atoms with Crippen molar-refractivity contribution < 1.29 is 19.1 Å². The van der Waals surface area contributed by atoms with Crippen molar-refractivity contribution in [1.29, 1.82) is 0 Å². The summed E-state index contributed by atoms with van der Waals surface area (Å²) in [6, 6.07) is 13.6. The van der Waals surface area contributed by atoms with Crippen LogP contribution in [0.3, 0.4) is 0 Å². The fraction of sp³-hybridized carbons (Fsp3) is 0.143. The van der Waals surface area contributed by atoms with E-state index in [1.165, 1.54) is 26.5 Å². The number of para-hydroxylation sites is 1. The Hall–Kier alpha value is -4.14.